The van der Waals surface area contributed by atoms with Crippen LogP contribution in [0.4, 0.5) is 0 Å². The lowest BCUT2D eigenvalue weighted by Crippen LogP contribution is -2.15. The Morgan fingerprint density at radius 2 is 1.94 bits per heavy atom. The second kappa shape index (κ2) is 8.66. The number of unbranched alkanes of at least 4 members (excludes halogenated alkanes) is 2. The topological polar surface area (TPSA) is 12.0 Å². The Bertz CT molecular complexity index is 286. The zero-order chi connectivity index (χ0) is 11.6. The van der Waals surface area contributed by atoms with Crippen molar-refractivity contribution in [1.82, 2.24) is 5.32 Å². The molecule has 1 nitrogen and oxygen atoms in total. The maximum atomic E-state index is 3.51. The van der Waals surface area contributed by atoms with Crippen molar-refractivity contribution in [3.63, 3.8) is 0 Å². The van der Waals surface area contributed by atoms with Gasteiger partial charge in [0.25, 0.3) is 0 Å². The van der Waals surface area contributed by atoms with Gasteiger partial charge >= 0.3 is 0 Å². The van der Waals surface area contributed by atoms with Crippen LogP contribution in [0.3, 0.4) is 0 Å². The van der Waals surface area contributed by atoms with Gasteiger partial charge in [-0.2, -0.15) is 11.8 Å². The molecule has 0 heterocycles. The zero-order valence-corrected chi connectivity index (χ0v) is 11.3. The van der Waals surface area contributed by atoms with Crippen molar-refractivity contribution in [3.05, 3.63) is 35.4 Å². The third-order valence-corrected chi connectivity index (χ3v) is 3.48. The van der Waals surface area contributed by atoms with Crippen molar-refractivity contribution in [2.45, 2.75) is 32.7 Å². The summed E-state index contributed by atoms with van der Waals surface area (Å²) in [6.07, 6.45) is 6.18. The molecule has 0 aliphatic carbocycles. The Hall–Kier alpha value is -0.470. The monoisotopic (exact) mass is 237 g/mol. The predicted octanol–water partition coefficient (Wildman–Crippen LogP) is 3.62. The van der Waals surface area contributed by atoms with E-state index in [4.69, 9.17) is 0 Å². The van der Waals surface area contributed by atoms with E-state index in [-0.39, 0.29) is 0 Å². The smallest absolute Gasteiger partial charge is 0.0208 e. The first kappa shape index (κ1) is 13.6. The van der Waals surface area contributed by atoms with Gasteiger partial charge < -0.3 is 5.32 Å². The normalized spacial score (nSPS) is 10.6. The summed E-state index contributed by atoms with van der Waals surface area (Å²) in [6.45, 7) is 4.33. The van der Waals surface area contributed by atoms with Crippen LogP contribution in [0.2, 0.25) is 0 Å². The van der Waals surface area contributed by atoms with E-state index in [0.717, 1.165) is 13.1 Å². The summed E-state index contributed by atoms with van der Waals surface area (Å²) in [4.78, 5) is 0. The summed E-state index contributed by atoms with van der Waals surface area (Å²) in [5.74, 6) is 1.30. The first-order chi connectivity index (χ1) is 7.84. The molecule has 90 valence electrons. The molecule has 0 amide bonds. The van der Waals surface area contributed by atoms with Crippen LogP contribution in [0.1, 0.15) is 30.4 Å². The SMILES string of the molecule is CSCCCCCNCc1ccccc1C. The van der Waals surface area contributed by atoms with E-state index in [1.807, 2.05) is 11.8 Å². The second-order valence-electron chi connectivity index (χ2n) is 4.16. The molecule has 0 fully saturated rings. The second-order valence-corrected chi connectivity index (χ2v) is 5.14. The van der Waals surface area contributed by atoms with Crippen LogP contribution in [0.5, 0.6) is 0 Å². The molecule has 0 saturated heterocycles. The van der Waals surface area contributed by atoms with Gasteiger partial charge in [0.15, 0.2) is 0 Å². The van der Waals surface area contributed by atoms with E-state index >= 15 is 0 Å². The lowest BCUT2D eigenvalue weighted by molar-refractivity contribution is 0.617. The molecular weight excluding hydrogens is 214 g/mol. The Morgan fingerprint density at radius 1 is 1.12 bits per heavy atom. The van der Waals surface area contributed by atoms with E-state index in [1.165, 1.54) is 36.1 Å². The zero-order valence-electron chi connectivity index (χ0n) is 10.5. The Labute approximate surface area is 104 Å². The van der Waals surface area contributed by atoms with Gasteiger partial charge in [0.2, 0.25) is 0 Å². The highest BCUT2D eigenvalue weighted by molar-refractivity contribution is 7.98. The first-order valence-corrected chi connectivity index (χ1v) is 7.48. The molecule has 2 heteroatoms. The molecule has 0 aliphatic rings. The van der Waals surface area contributed by atoms with Crippen LogP contribution < -0.4 is 5.32 Å². The molecule has 0 unspecified atom stereocenters. The van der Waals surface area contributed by atoms with Gasteiger partial charge in [-0.25, -0.2) is 0 Å². The number of thioether (sulfide) groups is 1. The van der Waals surface area contributed by atoms with Gasteiger partial charge in [-0.3, -0.25) is 0 Å². The van der Waals surface area contributed by atoms with E-state index in [9.17, 15) is 0 Å². The van der Waals surface area contributed by atoms with Gasteiger partial charge in [0.05, 0.1) is 0 Å². The van der Waals surface area contributed by atoms with Crippen LogP contribution in [0.15, 0.2) is 24.3 Å². The number of benzene rings is 1. The van der Waals surface area contributed by atoms with Gasteiger partial charge in [0, 0.05) is 6.54 Å². The highest BCUT2D eigenvalue weighted by atomic mass is 32.2. The molecule has 0 aromatic heterocycles. The summed E-state index contributed by atoms with van der Waals surface area (Å²) in [5.41, 5.74) is 2.81. The average molecular weight is 237 g/mol. The average Bonchev–Trinajstić information content (AvgIpc) is 2.30. The highest BCUT2D eigenvalue weighted by Crippen LogP contribution is 2.06. The summed E-state index contributed by atoms with van der Waals surface area (Å²) in [5, 5.41) is 3.51. The molecule has 16 heavy (non-hydrogen) atoms. The van der Waals surface area contributed by atoms with Gasteiger partial charge in [-0.05, 0) is 49.4 Å². The van der Waals surface area contributed by atoms with Crippen LogP contribution >= 0.6 is 11.8 Å². The van der Waals surface area contributed by atoms with E-state index in [2.05, 4.69) is 42.8 Å². The van der Waals surface area contributed by atoms with Gasteiger partial charge in [0.1, 0.15) is 0 Å². The van der Waals surface area contributed by atoms with Crippen LogP contribution in [-0.4, -0.2) is 18.6 Å². The molecule has 1 rings (SSSR count). The summed E-state index contributed by atoms with van der Waals surface area (Å²) in [6, 6.07) is 8.59. The molecule has 0 saturated carbocycles. The molecule has 0 spiro atoms. The quantitative estimate of drug-likeness (QED) is 0.693. The fraction of sp³-hybridized carbons (Fsp3) is 0.571. The van der Waals surface area contributed by atoms with Crippen LogP contribution in [0.25, 0.3) is 0 Å². The van der Waals surface area contributed by atoms with Crippen molar-refractivity contribution < 1.29 is 0 Å². The van der Waals surface area contributed by atoms with Gasteiger partial charge in [-0.15, -0.1) is 0 Å². The number of aryl methyl sites for hydroxylation is 1. The lowest BCUT2D eigenvalue weighted by atomic mass is 10.1. The number of nitrogens with one attached hydrogen (secondary N) is 1. The van der Waals surface area contributed by atoms with Crippen molar-refractivity contribution in [2.75, 3.05) is 18.6 Å². The number of hydrogen-bond donors (Lipinski definition) is 1. The van der Waals surface area contributed by atoms with E-state index < -0.39 is 0 Å². The highest BCUT2D eigenvalue weighted by Gasteiger charge is 1.95. The molecule has 0 bridgehead atoms. The predicted molar refractivity (Wildman–Crippen MR) is 75.1 cm³/mol. The maximum Gasteiger partial charge on any atom is 0.0208 e. The van der Waals surface area contributed by atoms with E-state index in [0.29, 0.717) is 0 Å². The fourth-order valence-corrected chi connectivity index (χ4v) is 2.20. The number of hydrogen-bond acceptors (Lipinski definition) is 2. The minimum absolute atomic E-state index is 1.01. The van der Waals surface area contributed by atoms with Crippen molar-refractivity contribution >= 4 is 11.8 Å². The fourth-order valence-electron chi connectivity index (χ4n) is 1.70. The minimum Gasteiger partial charge on any atom is -0.313 e. The molecule has 0 aliphatic heterocycles. The van der Waals surface area contributed by atoms with Crippen LogP contribution in [-0.2, 0) is 6.54 Å². The summed E-state index contributed by atoms with van der Waals surface area (Å²) < 4.78 is 0. The molecule has 0 atom stereocenters. The lowest BCUT2D eigenvalue weighted by Gasteiger charge is -2.07. The summed E-state index contributed by atoms with van der Waals surface area (Å²) >= 11 is 1.94. The molecular formula is C14H23NS. The van der Waals surface area contributed by atoms with Crippen molar-refractivity contribution in [3.8, 4) is 0 Å². The van der Waals surface area contributed by atoms with Crippen molar-refractivity contribution in [1.29, 1.82) is 0 Å². The molecule has 1 aromatic carbocycles. The largest absolute Gasteiger partial charge is 0.313 e. The molecule has 1 aromatic rings. The van der Waals surface area contributed by atoms with Crippen molar-refractivity contribution in [2.24, 2.45) is 0 Å². The molecule has 0 radical (unpaired) electrons. The Balaban J connectivity index is 2.05. The maximum absolute atomic E-state index is 3.51. The Kier molecular flexibility index (Phi) is 7.35. The molecule has 1 N–H and O–H groups in total. The van der Waals surface area contributed by atoms with Crippen LogP contribution in [0, 0.1) is 6.92 Å². The number of rotatable bonds is 8. The summed E-state index contributed by atoms with van der Waals surface area (Å²) in [7, 11) is 0. The Morgan fingerprint density at radius 3 is 2.69 bits per heavy atom. The minimum atomic E-state index is 1.01. The van der Waals surface area contributed by atoms with E-state index in [1.54, 1.807) is 0 Å². The van der Waals surface area contributed by atoms with Gasteiger partial charge in [-0.1, -0.05) is 30.7 Å². The standard InChI is InChI=1S/C14H23NS/c1-13-8-4-5-9-14(13)12-15-10-6-3-7-11-16-2/h4-5,8-9,15H,3,6-7,10-12H2,1-2H3. The third kappa shape index (κ3) is 5.57. The third-order valence-electron chi connectivity index (χ3n) is 2.78. The first-order valence-electron chi connectivity index (χ1n) is 6.08.